The van der Waals surface area contributed by atoms with Gasteiger partial charge in [-0.05, 0) is 86.8 Å². The molecule has 5 aliphatic heterocycles. The van der Waals surface area contributed by atoms with E-state index in [4.69, 9.17) is 14.2 Å². The zero-order valence-corrected chi connectivity index (χ0v) is 32.9. The summed E-state index contributed by atoms with van der Waals surface area (Å²) in [7, 11) is 0. The SMILES string of the molecule is C[C@H]1C[C@H]2C(=O)OC[C@H](NC(=O)[C@H](Cc3cc(F)cc(F)c3)NC(=O)Cc3ccc4c(c3)OCO4)C(=O)N3CCC[C@H]3C(=O)N3CCCC[C@H]3C(=O)N[C@@H](C)C(=O)N2C1. The number of piperidine rings is 1. The number of rotatable bonds is 7. The van der Waals surface area contributed by atoms with Crippen LogP contribution in [0.15, 0.2) is 36.4 Å². The van der Waals surface area contributed by atoms with E-state index in [0.717, 1.165) is 12.1 Å². The summed E-state index contributed by atoms with van der Waals surface area (Å²) >= 11 is 0. The zero-order chi connectivity index (χ0) is 42.0. The molecule has 0 unspecified atom stereocenters. The second-order valence-electron chi connectivity index (χ2n) is 16.0. The van der Waals surface area contributed by atoms with E-state index in [-0.39, 0.29) is 57.2 Å². The molecule has 5 aliphatic rings. The highest BCUT2D eigenvalue weighted by Gasteiger charge is 2.46. The lowest BCUT2D eigenvalue weighted by Crippen LogP contribution is -2.62. The van der Waals surface area contributed by atoms with Gasteiger partial charge < -0.3 is 44.9 Å². The molecule has 0 spiro atoms. The molecule has 0 aromatic heterocycles. The molecule has 16 nitrogen and oxygen atoms in total. The molecule has 3 N–H and O–H groups in total. The summed E-state index contributed by atoms with van der Waals surface area (Å²) in [6.45, 7) is 3.29. The van der Waals surface area contributed by atoms with Crippen molar-refractivity contribution in [1.29, 1.82) is 0 Å². The lowest BCUT2D eigenvalue weighted by Gasteiger charge is -2.39. The maximum absolute atomic E-state index is 14.5. The third-order valence-corrected chi connectivity index (χ3v) is 11.5. The lowest BCUT2D eigenvalue weighted by molar-refractivity contribution is -0.158. The maximum Gasteiger partial charge on any atom is 0.328 e. The van der Waals surface area contributed by atoms with Crippen LogP contribution in [0.4, 0.5) is 8.78 Å². The summed E-state index contributed by atoms with van der Waals surface area (Å²) in [6.07, 6.45) is 1.97. The van der Waals surface area contributed by atoms with Gasteiger partial charge in [0.1, 0.15) is 54.5 Å². The summed E-state index contributed by atoms with van der Waals surface area (Å²) in [5.41, 5.74) is 0.546. The second kappa shape index (κ2) is 17.6. The number of esters is 1. The van der Waals surface area contributed by atoms with Gasteiger partial charge in [-0.15, -0.1) is 0 Å². The first-order valence-corrected chi connectivity index (χ1v) is 20.1. The molecule has 2 aromatic rings. The van der Waals surface area contributed by atoms with Gasteiger partial charge in [0.2, 0.25) is 42.2 Å². The van der Waals surface area contributed by atoms with Crippen LogP contribution in [0.1, 0.15) is 63.5 Å². The predicted molar refractivity (Wildman–Crippen MR) is 202 cm³/mol. The largest absolute Gasteiger partial charge is 0.461 e. The molecule has 0 radical (unpaired) electrons. The van der Waals surface area contributed by atoms with E-state index < -0.39 is 102 Å². The number of fused-ring (bicyclic) bond motifs is 4. The van der Waals surface area contributed by atoms with Crippen molar-refractivity contribution < 1.29 is 56.6 Å². The highest BCUT2D eigenvalue weighted by Crippen LogP contribution is 2.33. The number of hydrogen-bond donors (Lipinski definition) is 3. The molecule has 4 saturated heterocycles. The molecule has 0 aliphatic carbocycles. The minimum atomic E-state index is -1.59. The Morgan fingerprint density at radius 3 is 2.29 bits per heavy atom. The number of hydrogen-bond acceptors (Lipinski definition) is 10. The van der Waals surface area contributed by atoms with E-state index in [0.29, 0.717) is 48.8 Å². The third kappa shape index (κ3) is 9.25. The standard InChI is InChI=1S/C41H48F2N6O10/c1-22-12-32-41(56)57-20-29(39(54)48-11-5-7-31(48)40(55)47-10-4-3-6-30(47)37(52)44-23(2)38(53)49(32)19-22)46-36(51)28(15-25-13-26(42)18-27(43)14-25)45-35(50)17-24-8-9-33-34(16-24)59-21-58-33/h8-9,13-14,16,18,22-23,28-32H,3-7,10-12,15,17,19-21H2,1-2H3,(H,44,52)(H,45,50)(H,46,51)/t22-,23-,28-,29-,30-,31-,32-/m0/s1. The molecule has 4 fully saturated rings. The van der Waals surface area contributed by atoms with Gasteiger partial charge in [0, 0.05) is 32.1 Å². The molecular formula is C41H48F2N6O10. The van der Waals surface area contributed by atoms with Crippen molar-refractivity contribution in [3.8, 4) is 11.5 Å². The highest BCUT2D eigenvalue weighted by atomic mass is 19.1. The number of cyclic esters (lactones) is 1. The van der Waals surface area contributed by atoms with Crippen LogP contribution in [-0.4, -0.2) is 125 Å². The van der Waals surface area contributed by atoms with Gasteiger partial charge in [-0.2, -0.15) is 0 Å². The fourth-order valence-corrected chi connectivity index (χ4v) is 8.64. The number of amides is 6. The van der Waals surface area contributed by atoms with Gasteiger partial charge in [-0.3, -0.25) is 28.8 Å². The Hall–Kier alpha value is -5.81. The summed E-state index contributed by atoms with van der Waals surface area (Å²) < 4.78 is 45.1. The minimum Gasteiger partial charge on any atom is -0.461 e. The maximum atomic E-state index is 14.5. The van der Waals surface area contributed by atoms with Gasteiger partial charge in [-0.25, -0.2) is 13.6 Å². The van der Waals surface area contributed by atoms with E-state index in [2.05, 4.69) is 16.0 Å². The molecule has 7 rings (SSSR count). The monoisotopic (exact) mass is 822 g/mol. The number of benzene rings is 2. The van der Waals surface area contributed by atoms with Crippen molar-refractivity contribution in [3.63, 3.8) is 0 Å². The summed E-state index contributed by atoms with van der Waals surface area (Å²) in [4.78, 5) is 102. The Kier molecular flexibility index (Phi) is 12.3. The Labute approximate surface area is 339 Å². The van der Waals surface area contributed by atoms with E-state index in [9.17, 15) is 42.3 Å². The zero-order valence-electron chi connectivity index (χ0n) is 32.9. The van der Waals surface area contributed by atoms with Crippen LogP contribution in [0.25, 0.3) is 0 Å². The molecule has 316 valence electrons. The van der Waals surface area contributed by atoms with Crippen molar-refractivity contribution in [2.75, 3.05) is 33.0 Å². The van der Waals surface area contributed by atoms with Crippen molar-refractivity contribution >= 4 is 41.4 Å². The van der Waals surface area contributed by atoms with Gasteiger partial charge in [0.15, 0.2) is 11.5 Å². The smallest absolute Gasteiger partial charge is 0.328 e. The van der Waals surface area contributed by atoms with Crippen LogP contribution < -0.4 is 25.4 Å². The fraction of sp³-hybridized carbons (Fsp3) is 0.537. The Balaban J connectivity index is 1.18. The summed E-state index contributed by atoms with van der Waals surface area (Å²) in [5, 5.41) is 7.98. The molecule has 0 bridgehead atoms. The van der Waals surface area contributed by atoms with E-state index in [1.165, 1.54) is 21.6 Å². The molecule has 6 amide bonds. The van der Waals surface area contributed by atoms with Crippen molar-refractivity contribution in [1.82, 2.24) is 30.7 Å². The van der Waals surface area contributed by atoms with Crippen LogP contribution in [0, 0.1) is 17.6 Å². The number of nitrogens with one attached hydrogen (secondary N) is 3. The first-order valence-electron chi connectivity index (χ1n) is 20.1. The normalized spacial score (nSPS) is 26.7. The van der Waals surface area contributed by atoms with E-state index in [1.807, 2.05) is 6.92 Å². The van der Waals surface area contributed by atoms with Crippen molar-refractivity contribution in [2.24, 2.45) is 5.92 Å². The first-order chi connectivity index (χ1) is 28.2. The minimum absolute atomic E-state index is 0.0181. The molecule has 2 aromatic carbocycles. The Morgan fingerprint density at radius 1 is 0.797 bits per heavy atom. The van der Waals surface area contributed by atoms with Crippen LogP contribution in [-0.2, 0) is 51.1 Å². The molecule has 0 saturated carbocycles. The van der Waals surface area contributed by atoms with E-state index >= 15 is 0 Å². The number of halogens is 2. The summed E-state index contributed by atoms with van der Waals surface area (Å²) in [5.74, 6) is -5.65. The van der Waals surface area contributed by atoms with Crippen molar-refractivity contribution in [3.05, 3.63) is 59.2 Å². The van der Waals surface area contributed by atoms with Crippen LogP contribution >= 0.6 is 0 Å². The Bertz CT molecular complexity index is 2000. The number of ether oxygens (including phenoxy) is 3. The number of carbonyl (C=O) groups excluding carboxylic acids is 7. The fourth-order valence-electron chi connectivity index (χ4n) is 8.64. The average Bonchev–Trinajstić information content (AvgIpc) is 3.97. The third-order valence-electron chi connectivity index (χ3n) is 11.5. The second-order valence-corrected chi connectivity index (χ2v) is 16.0. The van der Waals surface area contributed by atoms with Gasteiger partial charge in [0.25, 0.3) is 0 Å². The predicted octanol–water partition coefficient (Wildman–Crippen LogP) is 1.12. The number of carbonyl (C=O) groups is 7. The van der Waals surface area contributed by atoms with Gasteiger partial charge in [-0.1, -0.05) is 13.0 Å². The van der Waals surface area contributed by atoms with Crippen LogP contribution in [0.3, 0.4) is 0 Å². The topological polar surface area (TPSA) is 193 Å². The quantitative estimate of drug-likeness (QED) is 0.341. The number of nitrogens with zero attached hydrogens (tertiary/aromatic N) is 3. The molecule has 5 heterocycles. The van der Waals surface area contributed by atoms with Crippen LogP contribution in [0.5, 0.6) is 11.5 Å². The highest BCUT2D eigenvalue weighted by molar-refractivity contribution is 5.98. The first kappa shape index (κ1) is 41.4. The summed E-state index contributed by atoms with van der Waals surface area (Å²) in [6, 6.07) is 0.530. The average molecular weight is 823 g/mol. The Morgan fingerprint density at radius 2 is 1.51 bits per heavy atom. The molecule has 18 heteroatoms. The van der Waals surface area contributed by atoms with Crippen LogP contribution in [0.2, 0.25) is 0 Å². The molecule has 7 atom stereocenters. The van der Waals surface area contributed by atoms with Gasteiger partial charge in [0.05, 0.1) is 6.42 Å². The van der Waals surface area contributed by atoms with Gasteiger partial charge >= 0.3 is 5.97 Å². The van der Waals surface area contributed by atoms with Crippen molar-refractivity contribution in [2.45, 2.75) is 101 Å². The van der Waals surface area contributed by atoms with E-state index in [1.54, 1.807) is 18.2 Å². The molecule has 59 heavy (non-hydrogen) atoms. The molecular weight excluding hydrogens is 774 g/mol. The lowest BCUT2D eigenvalue weighted by atomic mass is 9.99.